The zero-order chi connectivity index (χ0) is 14.4. The Balaban J connectivity index is 2.84. The lowest BCUT2D eigenvalue weighted by molar-refractivity contribution is -0.384. The van der Waals surface area contributed by atoms with Gasteiger partial charge in [-0.3, -0.25) is 19.7 Å². The Morgan fingerprint density at radius 2 is 2.16 bits per heavy atom. The summed E-state index contributed by atoms with van der Waals surface area (Å²) in [7, 11) is 0. The summed E-state index contributed by atoms with van der Waals surface area (Å²) < 4.78 is 4.94. The molecule has 1 unspecified atom stereocenters. The number of nitrogens with two attached hydrogens (primary N) is 1. The van der Waals surface area contributed by atoms with Gasteiger partial charge in [-0.1, -0.05) is 13.0 Å². The summed E-state index contributed by atoms with van der Waals surface area (Å²) in [4.78, 5) is 33.2. The van der Waals surface area contributed by atoms with E-state index in [1.54, 1.807) is 6.92 Å². The maximum absolute atomic E-state index is 11.7. The summed E-state index contributed by atoms with van der Waals surface area (Å²) in [6.07, 6.45) is 0.173. The first-order valence-corrected chi connectivity index (χ1v) is 5.68. The highest BCUT2D eigenvalue weighted by Crippen LogP contribution is 2.20. The number of non-ortho nitro benzene ring substituents is 1. The van der Waals surface area contributed by atoms with Crippen LogP contribution in [0, 0.1) is 16.0 Å². The minimum absolute atomic E-state index is 0.0153. The number of hydrogen-bond acceptors (Lipinski definition) is 6. The van der Waals surface area contributed by atoms with Crippen molar-refractivity contribution in [1.82, 2.24) is 0 Å². The first kappa shape index (κ1) is 14.8. The van der Waals surface area contributed by atoms with Crippen molar-refractivity contribution < 1.29 is 19.2 Å². The lowest BCUT2D eigenvalue weighted by Gasteiger charge is -2.11. The van der Waals surface area contributed by atoms with E-state index in [0.29, 0.717) is 0 Å². The molecule has 1 rings (SSSR count). The van der Waals surface area contributed by atoms with Crippen molar-refractivity contribution >= 4 is 17.4 Å². The molecule has 0 bridgehead atoms. The van der Waals surface area contributed by atoms with Crippen molar-refractivity contribution in [1.29, 1.82) is 0 Å². The first-order chi connectivity index (χ1) is 8.99. The number of rotatable bonds is 6. The van der Waals surface area contributed by atoms with Crippen LogP contribution in [0.3, 0.4) is 0 Å². The Hall–Kier alpha value is -2.28. The molecule has 0 aliphatic rings. The fourth-order valence-corrected chi connectivity index (χ4v) is 1.45. The Labute approximate surface area is 109 Å². The molecule has 0 heterocycles. The second-order valence-corrected chi connectivity index (χ2v) is 3.78. The predicted octanol–water partition coefficient (Wildman–Crippen LogP) is 1.05. The molecule has 0 fully saturated rings. The number of benzene rings is 1. The molecular weight excluding hydrogens is 252 g/mol. The van der Waals surface area contributed by atoms with Crippen molar-refractivity contribution in [2.24, 2.45) is 11.7 Å². The Kier molecular flexibility index (Phi) is 5.13. The van der Waals surface area contributed by atoms with Gasteiger partial charge in [0, 0.05) is 19.0 Å². The predicted molar refractivity (Wildman–Crippen MR) is 66.6 cm³/mol. The van der Waals surface area contributed by atoms with E-state index in [-0.39, 0.29) is 30.2 Å². The average molecular weight is 266 g/mol. The third-order valence-corrected chi connectivity index (χ3v) is 2.50. The van der Waals surface area contributed by atoms with Crippen LogP contribution in [-0.2, 0) is 9.59 Å². The van der Waals surface area contributed by atoms with Crippen molar-refractivity contribution in [3.05, 3.63) is 34.4 Å². The lowest BCUT2D eigenvalue weighted by Crippen LogP contribution is -2.34. The van der Waals surface area contributed by atoms with Gasteiger partial charge in [-0.05, 0) is 6.07 Å². The molecule has 7 nitrogen and oxygen atoms in total. The van der Waals surface area contributed by atoms with E-state index in [9.17, 15) is 19.7 Å². The molecule has 0 aliphatic heterocycles. The molecule has 7 heteroatoms. The molecule has 1 aromatic carbocycles. The van der Waals surface area contributed by atoms with Gasteiger partial charge in [-0.25, -0.2) is 0 Å². The highest BCUT2D eigenvalue weighted by molar-refractivity contribution is 5.99. The number of Topliss-reactive ketones (excluding diaryl/α,β-unsaturated/α-hetero) is 1. The van der Waals surface area contributed by atoms with E-state index in [1.807, 2.05) is 0 Å². The van der Waals surface area contributed by atoms with Gasteiger partial charge < -0.3 is 10.5 Å². The minimum atomic E-state index is -1.04. The number of nitrogens with zero attached hydrogens (tertiary/aromatic N) is 1. The average Bonchev–Trinajstić information content (AvgIpc) is 2.39. The maximum atomic E-state index is 11.7. The third-order valence-electron chi connectivity index (χ3n) is 2.50. The van der Waals surface area contributed by atoms with E-state index in [2.05, 4.69) is 0 Å². The van der Waals surface area contributed by atoms with Crippen molar-refractivity contribution in [2.75, 3.05) is 6.54 Å². The molecule has 2 N–H and O–H groups in total. The Morgan fingerprint density at radius 1 is 1.47 bits per heavy atom. The van der Waals surface area contributed by atoms with Crippen LogP contribution in [-0.4, -0.2) is 23.2 Å². The molecule has 19 heavy (non-hydrogen) atoms. The molecule has 0 spiro atoms. The molecule has 102 valence electrons. The number of ether oxygens (including phenoxy) is 1. The van der Waals surface area contributed by atoms with Crippen LogP contribution in [0.1, 0.15) is 13.3 Å². The highest BCUT2D eigenvalue weighted by atomic mass is 16.6. The van der Waals surface area contributed by atoms with Gasteiger partial charge >= 0.3 is 5.97 Å². The van der Waals surface area contributed by atoms with Crippen molar-refractivity contribution in [3.8, 4) is 5.75 Å². The smallest absolute Gasteiger partial charge is 0.323 e. The summed E-state index contributed by atoms with van der Waals surface area (Å²) in [5.74, 6) is -2.14. The normalized spacial score (nSPS) is 11.7. The SMILES string of the molecule is CCC(=O)C(CN)C(=O)Oc1cccc([N+](=O)[O-])c1. The largest absolute Gasteiger partial charge is 0.426 e. The van der Waals surface area contributed by atoms with Crippen LogP contribution in [0.25, 0.3) is 0 Å². The van der Waals surface area contributed by atoms with Crippen LogP contribution < -0.4 is 10.5 Å². The fraction of sp³-hybridized carbons (Fsp3) is 0.333. The Bertz CT molecular complexity index is 501. The summed E-state index contributed by atoms with van der Waals surface area (Å²) >= 11 is 0. The number of nitro benzene ring substituents is 1. The minimum Gasteiger partial charge on any atom is -0.426 e. The van der Waals surface area contributed by atoms with E-state index >= 15 is 0 Å². The zero-order valence-electron chi connectivity index (χ0n) is 10.4. The van der Waals surface area contributed by atoms with Crippen LogP contribution in [0.2, 0.25) is 0 Å². The molecule has 0 aromatic heterocycles. The molecule has 0 aliphatic carbocycles. The van der Waals surface area contributed by atoms with Gasteiger partial charge in [0.1, 0.15) is 17.5 Å². The number of carbonyl (C=O) groups is 2. The number of esters is 1. The van der Waals surface area contributed by atoms with Gasteiger partial charge in [0.2, 0.25) is 0 Å². The molecular formula is C12H14N2O5. The number of ketones is 1. The Morgan fingerprint density at radius 3 is 2.68 bits per heavy atom. The summed E-state index contributed by atoms with van der Waals surface area (Å²) in [5.41, 5.74) is 5.15. The van der Waals surface area contributed by atoms with Crippen molar-refractivity contribution in [2.45, 2.75) is 13.3 Å². The summed E-state index contributed by atoms with van der Waals surface area (Å²) in [6.45, 7) is 1.46. The molecule has 1 aromatic rings. The van der Waals surface area contributed by atoms with E-state index in [0.717, 1.165) is 6.07 Å². The lowest BCUT2D eigenvalue weighted by atomic mass is 10.0. The summed E-state index contributed by atoms with van der Waals surface area (Å²) in [5, 5.41) is 10.6. The van der Waals surface area contributed by atoms with Gasteiger partial charge in [0.05, 0.1) is 11.0 Å². The van der Waals surface area contributed by atoms with Crippen LogP contribution in [0.5, 0.6) is 5.75 Å². The van der Waals surface area contributed by atoms with Crippen LogP contribution in [0.4, 0.5) is 5.69 Å². The van der Waals surface area contributed by atoms with Crippen LogP contribution >= 0.6 is 0 Å². The topological polar surface area (TPSA) is 113 Å². The van der Waals surface area contributed by atoms with Gasteiger partial charge in [-0.2, -0.15) is 0 Å². The van der Waals surface area contributed by atoms with Crippen LogP contribution in [0.15, 0.2) is 24.3 Å². The second-order valence-electron chi connectivity index (χ2n) is 3.78. The van der Waals surface area contributed by atoms with Gasteiger partial charge in [0.15, 0.2) is 0 Å². The number of carbonyl (C=O) groups excluding carboxylic acids is 2. The maximum Gasteiger partial charge on any atom is 0.323 e. The second kappa shape index (κ2) is 6.60. The molecule has 0 amide bonds. The molecule has 0 saturated heterocycles. The van der Waals surface area contributed by atoms with E-state index < -0.39 is 16.8 Å². The first-order valence-electron chi connectivity index (χ1n) is 5.68. The van der Waals surface area contributed by atoms with E-state index in [1.165, 1.54) is 18.2 Å². The third kappa shape index (κ3) is 3.85. The molecule has 0 radical (unpaired) electrons. The molecule has 1 atom stereocenters. The van der Waals surface area contributed by atoms with E-state index in [4.69, 9.17) is 10.5 Å². The monoisotopic (exact) mass is 266 g/mol. The fourth-order valence-electron chi connectivity index (χ4n) is 1.45. The number of nitro groups is 1. The summed E-state index contributed by atoms with van der Waals surface area (Å²) in [6, 6.07) is 5.17. The standard InChI is InChI=1S/C12H14N2O5/c1-2-11(15)10(7-13)12(16)19-9-5-3-4-8(6-9)14(17)18/h3-6,10H,2,7,13H2,1H3. The molecule has 0 saturated carbocycles. The van der Waals surface area contributed by atoms with Gasteiger partial charge in [-0.15, -0.1) is 0 Å². The quantitative estimate of drug-likeness (QED) is 0.271. The zero-order valence-corrected chi connectivity index (χ0v) is 10.4. The van der Waals surface area contributed by atoms with Crippen molar-refractivity contribution in [3.63, 3.8) is 0 Å². The van der Waals surface area contributed by atoms with Gasteiger partial charge in [0.25, 0.3) is 5.69 Å². The highest BCUT2D eigenvalue weighted by Gasteiger charge is 2.26. The number of hydrogen-bond donors (Lipinski definition) is 1.